The molecule has 1 rings (SSSR count). The highest BCUT2D eigenvalue weighted by molar-refractivity contribution is 5.48. The van der Waals surface area contributed by atoms with Crippen LogP contribution in [-0.4, -0.2) is 20.6 Å². The van der Waals surface area contributed by atoms with Crippen molar-refractivity contribution in [2.45, 2.75) is 32.7 Å². The van der Waals surface area contributed by atoms with Crippen molar-refractivity contribution in [1.29, 1.82) is 0 Å². The summed E-state index contributed by atoms with van der Waals surface area (Å²) in [5.74, 6) is 6.16. The first-order chi connectivity index (χ1) is 8.69. The van der Waals surface area contributed by atoms with Crippen molar-refractivity contribution in [1.82, 2.24) is 5.32 Å². The van der Waals surface area contributed by atoms with Gasteiger partial charge in [0.05, 0.1) is 0 Å². The van der Waals surface area contributed by atoms with Gasteiger partial charge in [0.25, 0.3) is 0 Å². The summed E-state index contributed by atoms with van der Waals surface area (Å²) in [6.45, 7) is 5.11. The highest BCUT2D eigenvalue weighted by atomic mass is 15.1. The van der Waals surface area contributed by atoms with Gasteiger partial charge in [-0.25, -0.2) is 0 Å². The Hall–Kier alpha value is -1.46. The standard InChI is InChI=1S/C16H24N2/c1-5-7-11-16(17-12-6-2)14-9-8-10-15(13-14)18(3)4/h8-10,13,16-17H,6,11-12H2,1-4H3. The maximum Gasteiger partial charge on any atom is 0.0431 e. The van der Waals surface area contributed by atoms with Gasteiger partial charge < -0.3 is 10.2 Å². The molecular formula is C16H24N2. The topological polar surface area (TPSA) is 15.3 Å². The Balaban J connectivity index is 2.87. The normalized spacial score (nSPS) is 11.6. The Morgan fingerprint density at radius 1 is 1.33 bits per heavy atom. The first-order valence-electron chi connectivity index (χ1n) is 6.59. The molecule has 0 spiro atoms. The van der Waals surface area contributed by atoms with Gasteiger partial charge in [0.15, 0.2) is 0 Å². The van der Waals surface area contributed by atoms with Crippen molar-refractivity contribution in [2.75, 3.05) is 25.5 Å². The van der Waals surface area contributed by atoms with E-state index in [2.05, 4.69) is 67.3 Å². The van der Waals surface area contributed by atoms with Crippen molar-refractivity contribution < 1.29 is 0 Å². The van der Waals surface area contributed by atoms with E-state index < -0.39 is 0 Å². The van der Waals surface area contributed by atoms with E-state index >= 15 is 0 Å². The predicted octanol–water partition coefficient (Wildman–Crippen LogP) is 3.21. The molecule has 0 aliphatic heterocycles. The lowest BCUT2D eigenvalue weighted by molar-refractivity contribution is 0.542. The molecular weight excluding hydrogens is 220 g/mol. The quantitative estimate of drug-likeness (QED) is 0.773. The van der Waals surface area contributed by atoms with Crippen molar-refractivity contribution in [3.63, 3.8) is 0 Å². The fraction of sp³-hybridized carbons (Fsp3) is 0.500. The largest absolute Gasteiger partial charge is 0.378 e. The summed E-state index contributed by atoms with van der Waals surface area (Å²) in [5.41, 5.74) is 2.55. The van der Waals surface area contributed by atoms with Crippen LogP contribution in [0.3, 0.4) is 0 Å². The zero-order valence-corrected chi connectivity index (χ0v) is 12.0. The van der Waals surface area contributed by atoms with Gasteiger partial charge in [-0.2, -0.15) is 0 Å². The minimum atomic E-state index is 0.331. The molecule has 0 aromatic heterocycles. The monoisotopic (exact) mass is 244 g/mol. The third-order valence-corrected chi connectivity index (χ3v) is 2.91. The molecule has 2 heteroatoms. The molecule has 1 atom stereocenters. The van der Waals surface area contributed by atoms with Crippen molar-refractivity contribution >= 4 is 5.69 Å². The lowest BCUT2D eigenvalue weighted by Gasteiger charge is -2.19. The summed E-state index contributed by atoms with van der Waals surface area (Å²) in [7, 11) is 4.14. The molecule has 0 radical (unpaired) electrons. The van der Waals surface area contributed by atoms with Crippen LogP contribution < -0.4 is 10.2 Å². The van der Waals surface area contributed by atoms with Crippen LogP contribution in [0, 0.1) is 11.8 Å². The van der Waals surface area contributed by atoms with E-state index in [4.69, 9.17) is 0 Å². The van der Waals surface area contributed by atoms with Crippen LogP contribution in [-0.2, 0) is 0 Å². The van der Waals surface area contributed by atoms with E-state index in [9.17, 15) is 0 Å². The average molecular weight is 244 g/mol. The number of anilines is 1. The van der Waals surface area contributed by atoms with Crippen molar-refractivity contribution in [3.8, 4) is 11.8 Å². The maximum atomic E-state index is 3.57. The fourth-order valence-electron chi connectivity index (χ4n) is 1.85. The third-order valence-electron chi connectivity index (χ3n) is 2.91. The second-order valence-corrected chi connectivity index (χ2v) is 4.63. The summed E-state index contributed by atoms with van der Waals surface area (Å²) in [4.78, 5) is 2.13. The van der Waals surface area contributed by atoms with E-state index in [1.807, 2.05) is 6.92 Å². The highest BCUT2D eigenvalue weighted by Gasteiger charge is 2.10. The van der Waals surface area contributed by atoms with E-state index in [0.717, 1.165) is 19.4 Å². The Bertz CT molecular complexity index is 413. The summed E-state index contributed by atoms with van der Waals surface area (Å²) in [6, 6.07) is 9.00. The summed E-state index contributed by atoms with van der Waals surface area (Å²) < 4.78 is 0. The molecule has 1 unspecified atom stereocenters. The Morgan fingerprint density at radius 2 is 2.11 bits per heavy atom. The molecule has 18 heavy (non-hydrogen) atoms. The first-order valence-corrected chi connectivity index (χ1v) is 6.59. The fourth-order valence-corrected chi connectivity index (χ4v) is 1.85. The zero-order chi connectivity index (χ0) is 13.4. The average Bonchev–Trinajstić information content (AvgIpc) is 2.39. The lowest BCUT2D eigenvalue weighted by Crippen LogP contribution is -2.22. The van der Waals surface area contributed by atoms with Gasteiger partial charge >= 0.3 is 0 Å². The molecule has 98 valence electrons. The molecule has 0 heterocycles. The van der Waals surface area contributed by atoms with Crippen LogP contribution >= 0.6 is 0 Å². The van der Waals surface area contributed by atoms with Gasteiger partial charge in [-0.05, 0) is 37.6 Å². The molecule has 0 bridgehead atoms. The van der Waals surface area contributed by atoms with E-state index in [1.165, 1.54) is 11.3 Å². The SMILES string of the molecule is CC#CCC(NCCC)c1cccc(N(C)C)c1. The Kier molecular flexibility index (Phi) is 6.32. The highest BCUT2D eigenvalue weighted by Crippen LogP contribution is 2.21. The van der Waals surface area contributed by atoms with Crippen molar-refractivity contribution in [2.24, 2.45) is 0 Å². The number of nitrogens with one attached hydrogen (secondary N) is 1. The third kappa shape index (κ3) is 4.43. The summed E-state index contributed by atoms with van der Waals surface area (Å²) >= 11 is 0. The molecule has 1 N–H and O–H groups in total. The number of rotatable bonds is 6. The van der Waals surface area contributed by atoms with Crippen LogP contribution in [0.25, 0.3) is 0 Å². The smallest absolute Gasteiger partial charge is 0.0431 e. The maximum absolute atomic E-state index is 3.57. The van der Waals surface area contributed by atoms with Crippen LogP contribution in [0.1, 0.15) is 38.3 Å². The number of benzene rings is 1. The van der Waals surface area contributed by atoms with Gasteiger partial charge in [-0.1, -0.05) is 19.1 Å². The molecule has 0 amide bonds. The van der Waals surface area contributed by atoms with Crippen LogP contribution in [0.2, 0.25) is 0 Å². The van der Waals surface area contributed by atoms with E-state index in [0.29, 0.717) is 6.04 Å². The minimum Gasteiger partial charge on any atom is -0.378 e. The first kappa shape index (κ1) is 14.6. The second-order valence-electron chi connectivity index (χ2n) is 4.63. The summed E-state index contributed by atoms with van der Waals surface area (Å²) in [5, 5.41) is 3.57. The molecule has 1 aromatic carbocycles. The van der Waals surface area contributed by atoms with Crippen molar-refractivity contribution in [3.05, 3.63) is 29.8 Å². The number of hydrogen-bond donors (Lipinski definition) is 1. The van der Waals surface area contributed by atoms with Crippen LogP contribution in [0.5, 0.6) is 0 Å². The zero-order valence-electron chi connectivity index (χ0n) is 12.0. The van der Waals surface area contributed by atoms with E-state index in [-0.39, 0.29) is 0 Å². The van der Waals surface area contributed by atoms with Gasteiger partial charge in [-0.3, -0.25) is 0 Å². The lowest BCUT2D eigenvalue weighted by atomic mass is 10.0. The Labute approximate surface area is 111 Å². The Morgan fingerprint density at radius 3 is 2.72 bits per heavy atom. The minimum absolute atomic E-state index is 0.331. The van der Waals surface area contributed by atoms with Gasteiger partial charge in [0.2, 0.25) is 0 Å². The second kappa shape index (κ2) is 7.79. The number of hydrogen-bond acceptors (Lipinski definition) is 2. The molecule has 0 aliphatic carbocycles. The molecule has 0 fully saturated rings. The molecule has 1 aromatic rings. The van der Waals surface area contributed by atoms with Gasteiger partial charge in [-0.15, -0.1) is 11.8 Å². The van der Waals surface area contributed by atoms with Gasteiger partial charge in [0, 0.05) is 32.2 Å². The van der Waals surface area contributed by atoms with Crippen LogP contribution in [0.15, 0.2) is 24.3 Å². The summed E-state index contributed by atoms with van der Waals surface area (Å²) in [6.07, 6.45) is 2.01. The molecule has 2 nitrogen and oxygen atoms in total. The van der Waals surface area contributed by atoms with Gasteiger partial charge in [0.1, 0.15) is 0 Å². The molecule has 0 saturated carbocycles. The number of nitrogens with zero attached hydrogens (tertiary/aromatic N) is 1. The molecule has 0 aliphatic rings. The molecule has 0 saturated heterocycles. The van der Waals surface area contributed by atoms with Crippen LogP contribution in [0.4, 0.5) is 5.69 Å². The predicted molar refractivity (Wildman–Crippen MR) is 79.9 cm³/mol. The van der Waals surface area contributed by atoms with E-state index in [1.54, 1.807) is 0 Å².